The standard InChI is InChI=1S/C32H48N2O5S/c1-17(2)9-8-10-20(28-33-34-29(40)39-28)26-22-15-24(37)27-30(5)13-12-23(36)18(3)21(30)11-14-31(27,6)32(22,7)16-25(26)38-19(4)35/h9,18,21-25,27,36-37H,8,10-16H2,1-7H3,(H,34,40)/b26-20-/t18-,21-,22-,23+,24+,25-,27-,30-,31-,32-/m0/s1. The van der Waals surface area contributed by atoms with E-state index in [1.54, 1.807) is 0 Å². The van der Waals surface area contributed by atoms with Crippen molar-refractivity contribution in [2.45, 2.75) is 118 Å². The average Bonchev–Trinajstić information content (AvgIpc) is 3.40. The van der Waals surface area contributed by atoms with Gasteiger partial charge < -0.3 is 19.4 Å². The third-order valence-corrected chi connectivity index (χ3v) is 12.2. The van der Waals surface area contributed by atoms with E-state index < -0.39 is 12.2 Å². The molecule has 4 fully saturated rings. The Labute approximate surface area is 243 Å². The van der Waals surface area contributed by atoms with Crippen molar-refractivity contribution < 1.29 is 24.2 Å². The van der Waals surface area contributed by atoms with Crippen molar-refractivity contribution >= 4 is 23.8 Å². The van der Waals surface area contributed by atoms with Crippen molar-refractivity contribution in [1.29, 1.82) is 0 Å². The minimum atomic E-state index is -0.492. The van der Waals surface area contributed by atoms with Crippen LogP contribution in [0, 0.1) is 44.8 Å². The van der Waals surface area contributed by atoms with Gasteiger partial charge in [0.05, 0.1) is 12.2 Å². The Morgan fingerprint density at radius 1 is 1.15 bits per heavy atom. The zero-order valence-corrected chi connectivity index (χ0v) is 26.1. The van der Waals surface area contributed by atoms with E-state index in [2.05, 4.69) is 57.8 Å². The van der Waals surface area contributed by atoms with Crippen LogP contribution in [0.5, 0.6) is 0 Å². The van der Waals surface area contributed by atoms with Crippen molar-refractivity contribution in [1.82, 2.24) is 10.2 Å². The summed E-state index contributed by atoms with van der Waals surface area (Å²) in [4.78, 5) is 12.7. The summed E-state index contributed by atoms with van der Waals surface area (Å²) in [7, 11) is 0. The number of aliphatic hydroxyl groups is 2. The van der Waals surface area contributed by atoms with Crippen molar-refractivity contribution in [2.24, 2.45) is 39.9 Å². The highest BCUT2D eigenvalue weighted by Gasteiger charge is 2.70. The summed E-state index contributed by atoms with van der Waals surface area (Å²) in [6.07, 6.45) is 7.57. The number of ether oxygens (including phenoxy) is 1. The number of nitrogens with one attached hydrogen (secondary N) is 1. The van der Waals surface area contributed by atoms with Gasteiger partial charge in [-0.25, -0.2) is 5.10 Å². The van der Waals surface area contributed by atoms with Gasteiger partial charge in [0.15, 0.2) is 0 Å². The van der Waals surface area contributed by atoms with Crippen molar-refractivity contribution in [2.75, 3.05) is 0 Å². The molecule has 10 atom stereocenters. The number of nitrogens with zero attached hydrogens (tertiary/aromatic N) is 1. The third-order valence-electron chi connectivity index (χ3n) is 12.0. The molecular weight excluding hydrogens is 524 g/mol. The van der Waals surface area contributed by atoms with Crippen molar-refractivity contribution in [3.8, 4) is 0 Å². The first-order valence-electron chi connectivity index (χ1n) is 15.2. The van der Waals surface area contributed by atoms with Gasteiger partial charge in [0, 0.05) is 12.5 Å². The first-order valence-corrected chi connectivity index (χ1v) is 15.6. The monoisotopic (exact) mass is 572 g/mol. The molecule has 0 amide bonds. The fourth-order valence-corrected chi connectivity index (χ4v) is 10.3. The maximum atomic E-state index is 12.5. The van der Waals surface area contributed by atoms with Crippen LogP contribution in [0.2, 0.25) is 0 Å². The first kappa shape index (κ1) is 29.7. The fraction of sp³-hybridized carbons (Fsp3) is 0.781. The van der Waals surface area contributed by atoms with Crippen LogP contribution in [-0.4, -0.2) is 44.7 Å². The fourth-order valence-electron chi connectivity index (χ4n) is 10.1. The van der Waals surface area contributed by atoms with E-state index in [0.29, 0.717) is 31.1 Å². The predicted octanol–water partition coefficient (Wildman–Crippen LogP) is 6.78. The molecule has 40 heavy (non-hydrogen) atoms. The summed E-state index contributed by atoms with van der Waals surface area (Å²) in [5.41, 5.74) is 2.80. The second kappa shape index (κ2) is 10.5. The molecule has 1 aromatic heterocycles. The van der Waals surface area contributed by atoms with Crippen LogP contribution in [0.25, 0.3) is 5.57 Å². The quantitative estimate of drug-likeness (QED) is 0.203. The Morgan fingerprint density at radius 3 is 2.50 bits per heavy atom. The molecule has 222 valence electrons. The van der Waals surface area contributed by atoms with Gasteiger partial charge in [-0.2, -0.15) is 0 Å². The minimum Gasteiger partial charge on any atom is -0.458 e. The van der Waals surface area contributed by atoms with E-state index in [-0.39, 0.29) is 50.9 Å². The molecule has 1 heterocycles. The molecule has 4 aliphatic carbocycles. The lowest BCUT2D eigenvalue weighted by Crippen LogP contribution is -2.65. The number of H-pyrrole nitrogens is 1. The average molecular weight is 573 g/mol. The molecule has 0 unspecified atom stereocenters. The van der Waals surface area contributed by atoms with Crippen LogP contribution < -0.4 is 0 Å². The van der Waals surface area contributed by atoms with Crippen LogP contribution in [0.3, 0.4) is 0 Å². The third kappa shape index (κ3) is 4.57. The second-order valence-corrected chi connectivity index (χ2v) is 14.6. The zero-order valence-electron chi connectivity index (χ0n) is 25.3. The number of hydrogen-bond donors (Lipinski definition) is 3. The first-order chi connectivity index (χ1) is 18.7. The normalized spacial score (nSPS) is 43.8. The van der Waals surface area contributed by atoms with Gasteiger partial charge in [-0.05, 0) is 123 Å². The van der Waals surface area contributed by atoms with E-state index >= 15 is 0 Å². The van der Waals surface area contributed by atoms with Gasteiger partial charge in [-0.1, -0.05) is 39.3 Å². The Morgan fingerprint density at radius 2 is 1.88 bits per heavy atom. The number of esters is 1. The molecule has 0 saturated heterocycles. The maximum Gasteiger partial charge on any atom is 0.303 e. The van der Waals surface area contributed by atoms with E-state index in [9.17, 15) is 15.0 Å². The second-order valence-electron chi connectivity index (χ2n) is 14.3. The molecule has 0 bridgehead atoms. The number of allylic oxidation sites excluding steroid dienone is 3. The van der Waals surface area contributed by atoms with Gasteiger partial charge in [0.2, 0.25) is 5.89 Å². The van der Waals surface area contributed by atoms with Crippen LogP contribution >= 0.6 is 12.2 Å². The molecular formula is C32H48N2O5S. The molecule has 0 spiro atoms. The smallest absolute Gasteiger partial charge is 0.303 e. The highest BCUT2D eigenvalue weighted by Crippen LogP contribution is 2.74. The van der Waals surface area contributed by atoms with E-state index in [4.69, 9.17) is 21.4 Å². The number of fused-ring (bicyclic) bond motifs is 5. The summed E-state index contributed by atoms with van der Waals surface area (Å²) < 4.78 is 12.0. The number of aromatic amines is 1. The Kier molecular flexibility index (Phi) is 7.80. The predicted molar refractivity (Wildman–Crippen MR) is 156 cm³/mol. The molecule has 0 aromatic carbocycles. The highest BCUT2D eigenvalue weighted by atomic mass is 32.1. The molecule has 0 radical (unpaired) electrons. The van der Waals surface area contributed by atoms with Crippen LogP contribution in [-0.2, 0) is 9.53 Å². The summed E-state index contributed by atoms with van der Waals surface area (Å²) in [5, 5.41) is 30.1. The summed E-state index contributed by atoms with van der Waals surface area (Å²) in [6.45, 7) is 15.0. The van der Waals surface area contributed by atoms with E-state index in [1.807, 2.05) is 0 Å². The maximum absolute atomic E-state index is 12.5. The molecule has 4 aliphatic rings. The van der Waals surface area contributed by atoms with E-state index in [0.717, 1.165) is 43.3 Å². The number of aromatic nitrogens is 2. The number of carbonyl (C=O) groups is 1. The van der Waals surface area contributed by atoms with Crippen LogP contribution in [0.4, 0.5) is 0 Å². The lowest BCUT2D eigenvalue weighted by molar-refractivity contribution is -0.234. The minimum absolute atomic E-state index is 0.0158. The van der Waals surface area contributed by atoms with Gasteiger partial charge in [-0.3, -0.25) is 4.79 Å². The molecule has 1 aromatic rings. The van der Waals surface area contributed by atoms with E-state index in [1.165, 1.54) is 12.5 Å². The molecule has 8 heteroatoms. The number of aliphatic hydroxyl groups excluding tert-OH is 2. The summed E-state index contributed by atoms with van der Waals surface area (Å²) >= 11 is 5.25. The Bertz CT molecular complexity index is 1260. The lowest BCUT2D eigenvalue weighted by Gasteiger charge is -2.69. The lowest BCUT2D eigenvalue weighted by atomic mass is 9.36. The van der Waals surface area contributed by atoms with Crippen LogP contribution in [0.1, 0.15) is 106 Å². The number of carbonyl (C=O) groups excluding carboxylic acids is 1. The van der Waals surface area contributed by atoms with Gasteiger partial charge in [0.1, 0.15) is 6.10 Å². The largest absolute Gasteiger partial charge is 0.458 e. The number of rotatable bonds is 5. The Balaban J connectivity index is 1.65. The summed E-state index contributed by atoms with van der Waals surface area (Å²) in [6, 6.07) is 0. The summed E-state index contributed by atoms with van der Waals surface area (Å²) in [5.74, 6) is 0.889. The SMILES string of the molecule is CC(=O)O[C@H]1C[C@@]2(C)[C@@H](C[C@@H](O)[C@H]3[C@@]4(C)CC[C@@H](O)[C@@H](C)[C@@H]4CC[C@@]32C)/C1=C(\CCC=C(C)C)c1n[nH]c(=S)o1. The zero-order chi connectivity index (χ0) is 29.2. The van der Waals surface area contributed by atoms with Crippen molar-refractivity contribution in [3.63, 3.8) is 0 Å². The molecule has 7 nitrogen and oxygen atoms in total. The van der Waals surface area contributed by atoms with Gasteiger partial charge in [0.25, 0.3) is 4.84 Å². The highest BCUT2D eigenvalue weighted by molar-refractivity contribution is 7.71. The van der Waals surface area contributed by atoms with Gasteiger partial charge >= 0.3 is 5.97 Å². The molecule has 3 N–H and O–H groups in total. The molecule has 5 rings (SSSR count). The molecule has 0 aliphatic heterocycles. The van der Waals surface area contributed by atoms with Crippen LogP contribution in [0.15, 0.2) is 21.6 Å². The topological polar surface area (TPSA) is 109 Å². The Hall–Kier alpha value is -1.77. The van der Waals surface area contributed by atoms with Gasteiger partial charge in [-0.15, -0.1) is 5.10 Å². The van der Waals surface area contributed by atoms with Crippen molar-refractivity contribution in [3.05, 3.63) is 28.0 Å². The molecule has 4 saturated carbocycles. The number of hydrogen-bond acceptors (Lipinski definition) is 7.